The minimum atomic E-state index is -0.199. The summed E-state index contributed by atoms with van der Waals surface area (Å²) in [5, 5.41) is 3.86. The van der Waals surface area contributed by atoms with Crippen LogP contribution in [0, 0.1) is 5.82 Å². The zero-order valence-corrected chi connectivity index (χ0v) is 10.4. The molecular formula is C14H16FN3. The Hall–Kier alpha value is -1.52. The van der Waals surface area contributed by atoms with Crippen molar-refractivity contribution in [2.45, 2.75) is 12.6 Å². The van der Waals surface area contributed by atoms with Crippen LogP contribution in [0.3, 0.4) is 0 Å². The molecule has 1 aliphatic rings. The number of halogens is 1. The Labute approximate surface area is 106 Å². The third kappa shape index (κ3) is 1.98. The normalized spacial score (nSPS) is 16.2. The summed E-state index contributed by atoms with van der Waals surface area (Å²) in [4.78, 5) is 6.61. The highest BCUT2D eigenvalue weighted by molar-refractivity contribution is 5.82. The molecular weight excluding hydrogens is 229 g/mol. The van der Waals surface area contributed by atoms with Crippen molar-refractivity contribution in [3.8, 4) is 0 Å². The van der Waals surface area contributed by atoms with Gasteiger partial charge in [-0.25, -0.2) is 4.39 Å². The summed E-state index contributed by atoms with van der Waals surface area (Å²) >= 11 is 0. The molecule has 1 aliphatic heterocycles. The lowest BCUT2D eigenvalue weighted by atomic mass is 10.1. The SMILES string of the molecule is CN(Cc1ccc(F)c2cccnc12)C1CNC1. The van der Waals surface area contributed by atoms with Gasteiger partial charge in [-0.3, -0.25) is 9.88 Å². The van der Waals surface area contributed by atoms with Crippen LogP contribution in [0.5, 0.6) is 0 Å². The molecule has 4 heteroatoms. The molecule has 3 nitrogen and oxygen atoms in total. The minimum absolute atomic E-state index is 0.199. The van der Waals surface area contributed by atoms with Crippen LogP contribution >= 0.6 is 0 Å². The lowest BCUT2D eigenvalue weighted by Crippen LogP contribution is -2.55. The summed E-state index contributed by atoms with van der Waals surface area (Å²) in [7, 11) is 2.10. The number of rotatable bonds is 3. The minimum Gasteiger partial charge on any atom is -0.314 e. The first-order valence-corrected chi connectivity index (χ1v) is 6.19. The molecule has 1 N–H and O–H groups in total. The first kappa shape index (κ1) is 11.6. The summed E-state index contributed by atoms with van der Waals surface area (Å²) in [6.07, 6.45) is 1.72. The van der Waals surface area contributed by atoms with Crippen LogP contribution in [0.1, 0.15) is 5.56 Å². The molecule has 0 aliphatic carbocycles. The number of likely N-dealkylation sites (N-methyl/N-ethyl adjacent to an activating group) is 1. The van der Waals surface area contributed by atoms with Crippen molar-refractivity contribution < 1.29 is 4.39 Å². The van der Waals surface area contributed by atoms with Crippen LogP contribution in [0.4, 0.5) is 4.39 Å². The van der Waals surface area contributed by atoms with Gasteiger partial charge in [0.25, 0.3) is 0 Å². The number of hydrogen-bond acceptors (Lipinski definition) is 3. The van der Waals surface area contributed by atoms with Crippen molar-refractivity contribution in [2.24, 2.45) is 0 Å². The third-order valence-corrected chi connectivity index (χ3v) is 3.60. The standard InChI is InChI=1S/C14H16FN3/c1-18(11-7-16-8-11)9-10-4-5-13(15)12-3-2-6-17-14(10)12/h2-6,11,16H,7-9H2,1H3. The Morgan fingerprint density at radius 3 is 2.94 bits per heavy atom. The van der Waals surface area contributed by atoms with E-state index >= 15 is 0 Å². The van der Waals surface area contributed by atoms with Gasteiger partial charge in [-0.05, 0) is 30.8 Å². The van der Waals surface area contributed by atoms with Gasteiger partial charge in [0.15, 0.2) is 0 Å². The third-order valence-electron chi connectivity index (χ3n) is 3.60. The number of nitrogens with zero attached hydrogens (tertiary/aromatic N) is 2. The Kier molecular flexibility index (Phi) is 2.97. The van der Waals surface area contributed by atoms with Gasteiger partial charge in [0.1, 0.15) is 5.82 Å². The van der Waals surface area contributed by atoms with Gasteiger partial charge in [0, 0.05) is 37.3 Å². The van der Waals surface area contributed by atoms with Crippen LogP contribution in [0.25, 0.3) is 10.9 Å². The molecule has 94 valence electrons. The summed E-state index contributed by atoms with van der Waals surface area (Å²) in [5.74, 6) is -0.199. The molecule has 2 heterocycles. The maximum atomic E-state index is 13.7. The van der Waals surface area contributed by atoms with Gasteiger partial charge in [0.05, 0.1) is 5.52 Å². The molecule has 0 spiro atoms. The number of benzene rings is 1. The number of pyridine rings is 1. The Balaban J connectivity index is 1.94. The molecule has 0 radical (unpaired) electrons. The molecule has 0 unspecified atom stereocenters. The number of fused-ring (bicyclic) bond motifs is 1. The Morgan fingerprint density at radius 1 is 1.39 bits per heavy atom. The molecule has 0 bridgehead atoms. The van der Waals surface area contributed by atoms with E-state index < -0.39 is 0 Å². The van der Waals surface area contributed by atoms with Gasteiger partial charge >= 0.3 is 0 Å². The first-order valence-electron chi connectivity index (χ1n) is 6.19. The van der Waals surface area contributed by atoms with Crippen LogP contribution in [-0.4, -0.2) is 36.1 Å². The van der Waals surface area contributed by atoms with E-state index in [-0.39, 0.29) is 5.82 Å². The monoisotopic (exact) mass is 245 g/mol. The fourth-order valence-corrected chi connectivity index (χ4v) is 2.31. The lowest BCUT2D eigenvalue weighted by Gasteiger charge is -2.35. The van der Waals surface area contributed by atoms with Crippen molar-refractivity contribution in [2.75, 3.05) is 20.1 Å². The van der Waals surface area contributed by atoms with E-state index in [9.17, 15) is 4.39 Å². The topological polar surface area (TPSA) is 28.2 Å². The van der Waals surface area contributed by atoms with E-state index in [1.165, 1.54) is 6.07 Å². The first-order chi connectivity index (χ1) is 8.75. The maximum Gasteiger partial charge on any atom is 0.132 e. The average Bonchev–Trinajstić information content (AvgIpc) is 2.31. The van der Waals surface area contributed by atoms with Crippen LogP contribution < -0.4 is 5.32 Å². The molecule has 0 atom stereocenters. The molecule has 1 fully saturated rings. The average molecular weight is 245 g/mol. The van der Waals surface area contributed by atoms with E-state index in [0.717, 1.165) is 30.7 Å². The zero-order chi connectivity index (χ0) is 12.5. The van der Waals surface area contributed by atoms with Crippen molar-refractivity contribution in [1.82, 2.24) is 15.2 Å². The highest BCUT2D eigenvalue weighted by Crippen LogP contribution is 2.21. The molecule has 1 aromatic carbocycles. The van der Waals surface area contributed by atoms with Gasteiger partial charge in [0.2, 0.25) is 0 Å². The zero-order valence-electron chi connectivity index (χ0n) is 10.4. The van der Waals surface area contributed by atoms with Gasteiger partial charge in [-0.2, -0.15) is 0 Å². The summed E-state index contributed by atoms with van der Waals surface area (Å²) in [5.41, 5.74) is 1.86. The summed E-state index contributed by atoms with van der Waals surface area (Å²) in [6.45, 7) is 2.87. The maximum absolute atomic E-state index is 13.7. The largest absolute Gasteiger partial charge is 0.314 e. The predicted octanol–water partition coefficient (Wildman–Crippen LogP) is 1.78. The van der Waals surface area contributed by atoms with Gasteiger partial charge in [-0.1, -0.05) is 6.07 Å². The van der Waals surface area contributed by atoms with E-state index in [4.69, 9.17) is 0 Å². The van der Waals surface area contributed by atoms with Gasteiger partial charge in [-0.15, -0.1) is 0 Å². The fourth-order valence-electron chi connectivity index (χ4n) is 2.31. The molecule has 1 aromatic heterocycles. The lowest BCUT2D eigenvalue weighted by molar-refractivity contribution is 0.173. The van der Waals surface area contributed by atoms with Crippen molar-refractivity contribution in [3.05, 3.63) is 41.8 Å². The second kappa shape index (κ2) is 4.63. The second-order valence-corrected chi connectivity index (χ2v) is 4.83. The summed E-state index contributed by atoms with van der Waals surface area (Å²) < 4.78 is 13.7. The molecule has 3 rings (SSSR count). The van der Waals surface area contributed by atoms with Crippen LogP contribution in [0.15, 0.2) is 30.5 Å². The van der Waals surface area contributed by atoms with E-state index in [1.54, 1.807) is 18.3 Å². The highest BCUT2D eigenvalue weighted by atomic mass is 19.1. The van der Waals surface area contributed by atoms with E-state index in [1.807, 2.05) is 6.07 Å². The number of hydrogen-bond donors (Lipinski definition) is 1. The number of nitrogens with one attached hydrogen (secondary N) is 1. The van der Waals surface area contributed by atoms with Crippen molar-refractivity contribution in [3.63, 3.8) is 0 Å². The molecule has 2 aromatic rings. The quantitative estimate of drug-likeness (QED) is 0.893. The van der Waals surface area contributed by atoms with E-state index in [2.05, 4.69) is 22.2 Å². The van der Waals surface area contributed by atoms with Crippen LogP contribution in [0.2, 0.25) is 0 Å². The van der Waals surface area contributed by atoms with E-state index in [0.29, 0.717) is 11.4 Å². The molecule has 1 saturated heterocycles. The predicted molar refractivity (Wildman–Crippen MR) is 69.8 cm³/mol. The second-order valence-electron chi connectivity index (χ2n) is 4.83. The number of aromatic nitrogens is 1. The van der Waals surface area contributed by atoms with Crippen molar-refractivity contribution >= 4 is 10.9 Å². The molecule has 0 amide bonds. The molecule has 18 heavy (non-hydrogen) atoms. The smallest absolute Gasteiger partial charge is 0.132 e. The summed E-state index contributed by atoms with van der Waals surface area (Å²) in [6, 6.07) is 7.51. The van der Waals surface area contributed by atoms with Crippen molar-refractivity contribution in [1.29, 1.82) is 0 Å². The molecule has 0 saturated carbocycles. The Bertz CT molecular complexity index is 566. The Morgan fingerprint density at radius 2 is 2.22 bits per heavy atom. The van der Waals surface area contributed by atoms with Crippen LogP contribution in [-0.2, 0) is 6.54 Å². The fraction of sp³-hybridized carbons (Fsp3) is 0.357. The highest BCUT2D eigenvalue weighted by Gasteiger charge is 2.22. The van der Waals surface area contributed by atoms with Gasteiger partial charge < -0.3 is 5.32 Å².